The van der Waals surface area contributed by atoms with Crippen LogP contribution in [0.15, 0.2) is 146 Å². The van der Waals surface area contributed by atoms with Crippen molar-refractivity contribution in [2.45, 2.75) is 11.2 Å². The zero-order chi connectivity index (χ0) is 31.4. The Morgan fingerprint density at radius 2 is 0.660 bits per heavy atom. The van der Waals surface area contributed by atoms with Crippen LogP contribution in [0.25, 0.3) is 21.5 Å². The van der Waals surface area contributed by atoms with Gasteiger partial charge in [-0.15, -0.1) is 0 Å². The average Bonchev–Trinajstić information content (AvgIpc) is 3.88. The molecule has 228 valence electrons. The number of aliphatic hydroxyl groups is 2. The first kappa shape index (κ1) is 33.2. The molecule has 3 heteroatoms. The second-order valence-corrected chi connectivity index (χ2v) is 11.6. The SMILES string of the molecule is OC([C]1[CH][CH][CH][CH]1)(c1ccccc1)c1cccc2ccccc12.OC([C]1[CH][CH][CH][CH]1)(c1ccccc1)c1cccc2ccccc12.[Fe+2]. The molecule has 2 N–H and O–H groups in total. The van der Waals surface area contributed by atoms with Gasteiger partial charge in [-0.2, -0.15) is 0 Å². The van der Waals surface area contributed by atoms with E-state index in [2.05, 4.69) is 36.4 Å². The van der Waals surface area contributed by atoms with Gasteiger partial charge in [0.15, 0.2) is 0 Å². The molecule has 0 aromatic heterocycles. The van der Waals surface area contributed by atoms with Crippen LogP contribution in [0.2, 0.25) is 0 Å². The van der Waals surface area contributed by atoms with E-state index in [1.54, 1.807) is 0 Å². The molecule has 6 aromatic rings. The number of rotatable bonds is 6. The molecule has 2 aliphatic rings. The van der Waals surface area contributed by atoms with E-state index in [1.165, 1.54) is 0 Å². The zero-order valence-electron chi connectivity index (χ0n) is 25.7. The Labute approximate surface area is 290 Å². The molecule has 0 saturated heterocycles. The Bertz CT molecular complexity index is 1740. The van der Waals surface area contributed by atoms with E-state index in [4.69, 9.17) is 0 Å². The van der Waals surface area contributed by atoms with Crippen LogP contribution >= 0.6 is 0 Å². The maximum Gasteiger partial charge on any atom is 2.00 e. The van der Waals surface area contributed by atoms with Crippen molar-refractivity contribution in [2.24, 2.45) is 0 Å². The van der Waals surface area contributed by atoms with Crippen molar-refractivity contribution in [2.75, 3.05) is 0 Å². The second-order valence-electron chi connectivity index (χ2n) is 11.6. The van der Waals surface area contributed by atoms with Crippen LogP contribution < -0.4 is 0 Å². The first-order chi connectivity index (χ1) is 22.6. The summed E-state index contributed by atoms with van der Waals surface area (Å²) in [5.74, 6) is 1.78. The molecule has 2 aliphatic carbocycles. The zero-order valence-corrected chi connectivity index (χ0v) is 26.8. The Morgan fingerprint density at radius 1 is 0.340 bits per heavy atom. The van der Waals surface area contributed by atoms with Gasteiger partial charge in [-0.1, -0.05) is 146 Å². The molecule has 0 heterocycles. The number of hydrogen-bond acceptors (Lipinski definition) is 2. The standard InChI is InChI=1S/2C22H17O.Fe/c2*23-22(19-13-5-6-14-19,18-11-2-1-3-12-18)21-16-8-10-17-9-4-7-15-20(17)21;/h2*1-16,23H;/q;;+2. The molecule has 2 fully saturated rings. The third-order valence-corrected chi connectivity index (χ3v) is 8.90. The van der Waals surface area contributed by atoms with Gasteiger partial charge in [0.2, 0.25) is 0 Å². The van der Waals surface area contributed by atoms with E-state index in [-0.39, 0.29) is 17.1 Å². The van der Waals surface area contributed by atoms with Gasteiger partial charge in [-0.25, -0.2) is 0 Å². The van der Waals surface area contributed by atoms with Gasteiger partial charge in [-0.05, 0) is 95.2 Å². The fourth-order valence-corrected chi connectivity index (χ4v) is 6.63. The minimum atomic E-state index is -1.16. The van der Waals surface area contributed by atoms with Crippen molar-refractivity contribution in [1.29, 1.82) is 0 Å². The Hall–Kier alpha value is -3.72. The summed E-state index contributed by atoms with van der Waals surface area (Å²) in [4.78, 5) is 0. The van der Waals surface area contributed by atoms with Crippen LogP contribution in [0.4, 0.5) is 0 Å². The quantitative estimate of drug-likeness (QED) is 0.177. The fraction of sp³-hybridized carbons (Fsp3) is 0.0455. The summed E-state index contributed by atoms with van der Waals surface area (Å²) in [6.07, 6.45) is 15.8. The molecule has 47 heavy (non-hydrogen) atoms. The minimum Gasteiger partial charge on any atom is -0.380 e. The molecule has 0 amide bonds. The van der Waals surface area contributed by atoms with Crippen molar-refractivity contribution >= 4 is 21.5 Å². The van der Waals surface area contributed by atoms with Crippen LogP contribution in [-0.4, -0.2) is 10.2 Å². The van der Waals surface area contributed by atoms with Gasteiger partial charge in [0.05, 0.1) is 0 Å². The first-order valence-electron chi connectivity index (χ1n) is 15.6. The van der Waals surface area contributed by atoms with Crippen molar-refractivity contribution < 1.29 is 27.3 Å². The molecule has 6 aromatic carbocycles. The van der Waals surface area contributed by atoms with Crippen LogP contribution in [0, 0.1) is 63.2 Å². The molecule has 0 aliphatic heterocycles. The molecule has 0 bridgehead atoms. The van der Waals surface area contributed by atoms with E-state index in [0.29, 0.717) is 0 Å². The average molecular weight is 651 g/mol. The molecule has 0 spiro atoms. The predicted octanol–water partition coefficient (Wildman–Crippen LogP) is 8.96. The van der Waals surface area contributed by atoms with Crippen molar-refractivity contribution in [3.63, 3.8) is 0 Å². The normalized spacial score (nSPS) is 17.7. The Morgan fingerprint density at radius 3 is 1.04 bits per heavy atom. The number of hydrogen-bond donors (Lipinski definition) is 2. The largest absolute Gasteiger partial charge is 2.00 e. The predicted molar refractivity (Wildman–Crippen MR) is 188 cm³/mol. The third kappa shape index (κ3) is 6.31. The summed E-state index contributed by atoms with van der Waals surface area (Å²) in [6.45, 7) is 0. The van der Waals surface area contributed by atoms with Crippen molar-refractivity contribution in [1.82, 2.24) is 0 Å². The summed E-state index contributed by atoms with van der Waals surface area (Å²) in [6, 6.07) is 48.3. The monoisotopic (exact) mass is 650 g/mol. The van der Waals surface area contributed by atoms with Crippen LogP contribution in [0.5, 0.6) is 0 Å². The molecule has 2 unspecified atom stereocenters. The third-order valence-electron chi connectivity index (χ3n) is 8.90. The van der Waals surface area contributed by atoms with Gasteiger partial charge < -0.3 is 10.2 Å². The Balaban J connectivity index is 0.000000161. The molecule has 10 radical (unpaired) electrons. The first-order valence-corrected chi connectivity index (χ1v) is 15.6. The van der Waals surface area contributed by atoms with Crippen LogP contribution in [0.3, 0.4) is 0 Å². The minimum absolute atomic E-state index is 0. The maximum absolute atomic E-state index is 11.8. The van der Waals surface area contributed by atoms with Gasteiger partial charge in [0.25, 0.3) is 0 Å². The van der Waals surface area contributed by atoms with Gasteiger partial charge in [0, 0.05) is 11.8 Å². The summed E-state index contributed by atoms with van der Waals surface area (Å²) >= 11 is 0. The van der Waals surface area contributed by atoms with Gasteiger partial charge in [0.1, 0.15) is 11.2 Å². The van der Waals surface area contributed by atoms with E-state index >= 15 is 0 Å². The summed E-state index contributed by atoms with van der Waals surface area (Å²) in [5.41, 5.74) is 1.25. The summed E-state index contributed by atoms with van der Waals surface area (Å²) in [5, 5.41) is 28.0. The molecule has 2 saturated carbocycles. The van der Waals surface area contributed by atoms with E-state index < -0.39 is 11.2 Å². The molecule has 2 atom stereocenters. The second kappa shape index (κ2) is 14.6. The molecular formula is C44H34FeO2+2. The summed E-state index contributed by atoms with van der Waals surface area (Å²) in [7, 11) is 0. The van der Waals surface area contributed by atoms with Crippen LogP contribution in [-0.2, 0) is 28.3 Å². The molecule has 2 nitrogen and oxygen atoms in total. The van der Waals surface area contributed by atoms with E-state index in [0.717, 1.165) is 55.6 Å². The smallest absolute Gasteiger partial charge is 0.380 e. The maximum atomic E-state index is 11.8. The summed E-state index contributed by atoms with van der Waals surface area (Å²) < 4.78 is 0. The molecular weight excluding hydrogens is 616 g/mol. The van der Waals surface area contributed by atoms with Crippen molar-refractivity contribution in [3.8, 4) is 0 Å². The Kier molecular flexibility index (Phi) is 10.3. The number of fused-ring (bicyclic) bond motifs is 2. The molecule has 8 rings (SSSR count). The topological polar surface area (TPSA) is 40.5 Å². The van der Waals surface area contributed by atoms with Crippen molar-refractivity contribution in [3.05, 3.63) is 231 Å². The van der Waals surface area contributed by atoms with Crippen LogP contribution in [0.1, 0.15) is 22.3 Å². The van der Waals surface area contributed by atoms with Gasteiger partial charge in [-0.3, -0.25) is 0 Å². The number of benzene rings is 6. The van der Waals surface area contributed by atoms with E-state index in [1.807, 2.05) is 161 Å². The van der Waals surface area contributed by atoms with E-state index in [9.17, 15) is 10.2 Å². The van der Waals surface area contributed by atoms with Gasteiger partial charge >= 0.3 is 17.1 Å². The fourth-order valence-electron chi connectivity index (χ4n) is 6.63.